The number of rotatable bonds is 4. The van der Waals surface area contributed by atoms with Gasteiger partial charge in [0.25, 0.3) is 0 Å². The van der Waals surface area contributed by atoms with Gasteiger partial charge in [0.1, 0.15) is 4.34 Å². The highest BCUT2D eigenvalue weighted by Crippen LogP contribution is 2.33. The molecule has 0 aliphatic heterocycles. The Bertz CT molecular complexity index is 392. The summed E-state index contributed by atoms with van der Waals surface area (Å²) < 4.78 is 1.74. The maximum Gasteiger partial charge on any atom is 0.107 e. The molecule has 0 amide bonds. The van der Waals surface area contributed by atoms with E-state index in [0.29, 0.717) is 12.5 Å². The molecule has 0 saturated heterocycles. The Morgan fingerprint density at radius 1 is 1.67 bits per heavy atom. The van der Waals surface area contributed by atoms with Gasteiger partial charge in [-0.3, -0.25) is 0 Å². The molecule has 1 aromatic heterocycles. The van der Waals surface area contributed by atoms with Crippen molar-refractivity contribution in [3.8, 4) is 0 Å². The van der Waals surface area contributed by atoms with E-state index in [-0.39, 0.29) is 0 Å². The van der Waals surface area contributed by atoms with Crippen molar-refractivity contribution in [2.24, 2.45) is 5.92 Å². The van der Waals surface area contributed by atoms with Crippen molar-refractivity contribution in [1.82, 2.24) is 5.32 Å². The van der Waals surface area contributed by atoms with Crippen LogP contribution in [0.2, 0.25) is 4.34 Å². The van der Waals surface area contributed by atoms with Crippen LogP contribution < -0.4 is 5.32 Å². The predicted molar refractivity (Wildman–Crippen MR) is 81.3 cm³/mol. The van der Waals surface area contributed by atoms with Gasteiger partial charge in [-0.25, -0.2) is 0 Å². The van der Waals surface area contributed by atoms with Crippen molar-refractivity contribution >= 4 is 38.9 Å². The summed E-state index contributed by atoms with van der Waals surface area (Å²) >= 11 is 11.0. The Balaban J connectivity index is 1.81. The standard InChI is InChI=1S/C13H19BrClNOS/c1-9-3-2-4-13(17,6-9)8-16-7-10-5-11(14)12(15)18-10/h5,9,16-17H,2-4,6-8H2,1H3. The van der Waals surface area contributed by atoms with E-state index < -0.39 is 5.60 Å². The van der Waals surface area contributed by atoms with E-state index in [1.165, 1.54) is 11.3 Å². The molecule has 1 aromatic rings. The summed E-state index contributed by atoms with van der Waals surface area (Å²) in [5.74, 6) is 0.635. The second-order valence-corrected chi connectivity index (χ2v) is 7.96. The molecule has 0 aromatic carbocycles. The highest BCUT2D eigenvalue weighted by molar-refractivity contribution is 9.10. The molecule has 2 unspecified atom stereocenters. The van der Waals surface area contributed by atoms with Gasteiger partial charge in [-0.2, -0.15) is 0 Å². The minimum Gasteiger partial charge on any atom is -0.389 e. The Morgan fingerprint density at radius 3 is 3.06 bits per heavy atom. The molecule has 1 aliphatic rings. The molecule has 1 aliphatic carbocycles. The van der Waals surface area contributed by atoms with Crippen molar-refractivity contribution in [3.05, 3.63) is 19.8 Å². The second-order valence-electron chi connectivity index (χ2n) is 5.36. The average Bonchev–Trinajstić information content (AvgIpc) is 2.57. The zero-order valence-electron chi connectivity index (χ0n) is 10.5. The molecule has 1 saturated carbocycles. The molecule has 5 heteroatoms. The maximum atomic E-state index is 10.5. The third-order valence-corrected chi connectivity index (χ3v) is 5.99. The fourth-order valence-corrected chi connectivity index (χ4v) is 4.45. The van der Waals surface area contributed by atoms with Crippen molar-refractivity contribution in [1.29, 1.82) is 0 Å². The number of nitrogens with one attached hydrogen (secondary N) is 1. The summed E-state index contributed by atoms with van der Waals surface area (Å²) in [6.07, 6.45) is 4.21. The van der Waals surface area contributed by atoms with Crippen molar-refractivity contribution in [2.45, 2.75) is 44.8 Å². The minimum absolute atomic E-state index is 0.518. The SMILES string of the molecule is CC1CCCC(O)(CNCc2cc(Br)c(Cl)s2)C1. The number of halogens is 2. The molecule has 0 bridgehead atoms. The van der Waals surface area contributed by atoms with Gasteiger partial charge in [0, 0.05) is 22.4 Å². The molecular weight excluding hydrogens is 334 g/mol. The van der Waals surface area contributed by atoms with Gasteiger partial charge in [0.2, 0.25) is 0 Å². The Hall–Kier alpha value is 0.390. The van der Waals surface area contributed by atoms with Gasteiger partial charge < -0.3 is 10.4 Å². The summed E-state index contributed by atoms with van der Waals surface area (Å²) in [6, 6.07) is 2.04. The summed E-state index contributed by atoms with van der Waals surface area (Å²) in [5.41, 5.74) is -0.518. The summed E-state index contributed by atoms with van der Waals surface area (Å²) in [7, 11) is 0. The van der Waals surface area contributed by atoms with Crippen LogP contribution in [0, 0.1) is 5.92 Å². The van der Waals surface area contributed by atoms with Gasteiger partial charge in [-0.1, -0.05) is 31.4 Å². The van der Waals surface area contributed by atoms with Gasteiger partial charge in [0.05, 0.1) is 5.60 Å². The number of aliphatic hydroxyl groups is 1. The van der Waals surface area contributed by atoms with Crippen LogP contribution in [-0.2, 0) is 6.54 Å². The fraction of sp³-hybridized carbons (Fsp3) is 0.692. The van der Waals surface area contributed by atoms with Crippen LogP contribution in [0.25, 0.3) is 0 Å². The number of thiophene rings is 1. The summed E-state index contributed by atoms with van der Waals surface area (Å²) in [4.78, 5) is 1.19. The molecule has 1 heterocycles. The lowest BCUT2D eigenvalue weighted by Gasteiger charge is -2.35. The van der Waals surface area contributed by atoms with Crippen LogP contribution in [0.3, 0.4) is 0 Å². The number of hydrogen-bond donors (Lipinski definition) is 2. The highest BCUT2D eigenvalue weighted by atomic mass is 79.9. The van der Waals surface area contributed by atoms with Crippen LogP contribution in [0.15, 0.2) is 10.5 Å². The molecule has 2 N–H and O–H groups in total. The Kier molecular flexibility index (Phi) is 5.12. The van der Waals surface area contributed by atoms with E-state index in [1.54, 1.807) is 11.3 Å². The lowest BCUT2D eigenvalue weighted by molar-refractivity contribution is -0.0118. The van der Waals surface area contributed by atoms with E-state index in [4.69, 9.17) is 11.6 Å². The van der Waals surface area contributed by atoms with Crippen LogP contribution in [0.5, 0.6) is 0 Å². The van der Waals surface area contributed by atoms with E-state index in [0.717, 1.165) is 34.6 Å². The van der Waals surface area contributed by atoms with Crippen LogP contribution >= 0.6 is 38.9 Å². The predicted octanol–water partition coefficient (Wildman–Crippen LogP) is 4.19. The third kappa shape index (κ3) is 3.94. The van der Waals surface area contributed by atoms with E-state index in [9.17, 15) is 5.11 Å². The molecule has 0 radical (unpaired) electrons. The highest BCUT2D eigenvalue weighted by Gasteiger charge is 2.31. The quantitative estimate of drug-likeness (QED) is 0.851. The van der Waals surface area contributed by atoms with Gasteiger partial charge in [-0.15, -0.1) is 11.3 Å². The lowest BCUT2D eigenvalue weighted by atomic mass is 9.79. The van der Waals surface area contributed by atoms with Crippen LogP contribution in [0.1, 0.15) is 37.5 Å². The fourth-order valence-electron chi connectivity index (χ4n) is 2.69. The molecule has 1 fully saturated rings. The Morgan fingerprint density at radius 2 is 2.44 bits per heavy atom. The molecule has 2 atom stereocenters. The maximum absolute atomic E-state index is 10.5. The first-order valence-corrected chi connectivity index (χ1v) is 8.34. The van der Waals surface area contributed by atoms with Gasteiger partial charge >= 0.3 is 0 Å². The average molecular weight is 353 g/mol. The first-order chi connectivity index (χ1) is 8.48. The van der Waals surface area contributed by atoms with E-state index in [2.05, 4.69) is 28.2 Å². The summed E-state index contributed by atoms with van der Waals surface area (Å²) in [6.45, 7) is 3.66. The van der Waals surface area contributed by atoms with Gasteiger partial charge in [-0.05, 0) is 40.8 Å². The van der Waals surface area contributed by atoms with E-state index >= 15 is 0 Å². The first kappa shape index (κ1) is 14.8. The molecular formula is C13H19BrClNOS. The lowest BCUT2D eigenvalue weighted by Crippen LogP contribution is -2.43. The third-order valence-electron chi connectivity index (χ3n) is 3.52. The molecule has 18 heavy (non-hydrogen) atoms. The molecule has 0 spiro atoms. The summed E-state index contributed by atoms with van der Waals surface area (Å²) in [5, 5.41) is 13.8. The van der Waals surface area contributed by atoms with E-state index in [1.807, 2.05) is 6.07 Å². The minimum atomic E-state index is -0.518. The molecule has 102 valence electrons. The zero-order valence-corrected chi connectivity index (χ0v) is 13.7. The van der Waals surface area contributed by atoms with Crippen LogP contribution in [-0.4, -0.2) is 17.3 Å². The topological polar surface area (TPSA) is 32.3 Å². The monoisotopic (exact) mass is 351 g/mol. The largest absolute Gasteiger partial charge is 0.389 e. The molecule has 2 nitrogen and oxygen atoms in total. The Labute approximate surface area is 126 Å². The number of hydrogen-bond acceptors (Lipinski definition) is 3. The van der Waals surface area contributed by atoms with Crippen molar-refractivity contribution in [3.63, 3.8) is 0 Å². The smallest absolute Gasteiger partial charge is 0.107 e. The second kappa shape index (κ2) is 6.23. The normalized spacial score (nSPS) is 28.6. The van der Waals surface area contributed by atoms with Crippen LogP contribution in [0.4, 0.5) is 0 Å². The zero-order chi connectivity index (χ0) is 13.2. The van der Waals surface area contributed by atoms with Gasteiger partial charge in [0.15, 0.2) is 0 Å². The van der Waals surface area contributed by atoms with Crippen molar-refractivity contribution < 1.29 is 5.11 Å². The first-order valence-electron chi connectivity index (χ1n) is 6.35. The molecule has 2 rings (SSSR count). The van der Waals surface area contributed by atoms with Crippen molar-refractivity contribution in [2.75, 3.05) is 6.54 Å².